The number of benzene rings is 1. The Bertz CT molecular complexity index is 436. The van der Waals surface area contributed by atoms with Crippen LogP contribution in [0.1, 0.15) is 0 Å². The molecule has 0 aliphatic carbocycles. The second kappa shape index (κ2) is 7.81. The molecular weight excluding hydrogens is 261 g/mol. The van der Waals surface area contributed by atoms with Gasteiger partial charge in [0.05, 0.1) is 25.4 Å². The Morgan fingerprint density at radius 3 is 2.80 bits per heavy atom. The van der Waals surface area contributed by atoms with Crippen molar-refractivity contribution in [1.29, 1.82) is 0 Å². The highest BCUT2D eigenvalue weighted by molar-refractivity contribution is 5.80. The molecule has 5 nitrogen and oxygen atoms in total. The summed E-state index contributed by atoms with van der Waals surface area (Å²) in [6, 6.07) is 6.31. The molecule has 1 amide bonds. The van der Waals surface area contributed by atoms with Gasteiger partial charge in [0.15, 0.2) is 0 Å². The van der Waals surface area contributed by atoms with Crippen LogP contribution < -0.4 is 10.6 Å². The monoisotopic (exact) mass is 281 g/mol. The fourth-order valence-corrected chi connectivity index (χ4v) is 2.02. The fourth-order valence-electron chi connectivity index (χ4n) is 2.02. The lowest BCUT2D eigenvalue weighted by Gasteiger charge is -2.26. The first kappa shape index (κ1) is 14.7. The predicted molar refractivity (Wildman–Crippen MR) is 75.2 cm³/mol. The molecule has 0 bridgehead atoms. The first-order valence-corrected chi connectivity index (χ1v) is 6.81. The number of morpholine rings is 1. The van der Waals surface area contributed by atoms with E-state index in [-0.39, 0.29) is 18.3 Å². The quantitative estimate of drug-likeness (QED) is 0.805. The first-order chi connectivity index (χ1) is 9.75. The number of hydrogen-bond acceptors (Lipinski definition) is 4. The van der Waals surface area contributed by atoms with E-state index in [1.165, 1.54) is 6.07 Å². The lowest BCUT2D eigenvalue weighted by atomic mass is 10.3. The van der Waals surface area contributed by atoms with Crippen molar-refractivity contribution >= 4 is 11.6 Å². The number of nitrogens with one attached hydrogen (secondary N) is 2. The van der Waals surface area contributed by atoms with E-state index < -0.39 is 0 Å². The minimum Gasteiger partial charge on any atom is -0.379 e. The molecule has 1 aliphatic heterocycles. The average Bonchev–Trinajstić information content (AvgIpc) is 2.47. The van der Waals surface area contributed by atoms with Gasteiger partial charge < -0.3 is 15.4 Å². The molecule has 0 radical (unpaired) electrons. The highest BCUT2D eigenvalue weighted by Gasteiger charge is 2.10. The van der Waals surface area contributed by atoms with E-state index >= 15 is 0 Å². The van der Waals surface area contributed by atoms with Gasteiger partial charge in [0, 0.05) is 26.2 Å². The minimum absolute atomic E-state index is 0.0735. The predicted octanol–water partition coefficient (Wildman–Crippen LogP) is 0.686. The van der Waals surface area contributed by atoms with Crippen LogP contribution in [0.25, 0.3) is 0 Å². The van der Waals surface area contributed by atoms with Crippen molar-refractivity contribution in [3.05, 3.63) is 30.1 Å². The van der Waals surface area contributed by atoms with Crippen LogP contribution in [0.3, 0.4) is 0 Å². The van der Waals surface area contributed by atoms with Crippen molar-refractivity contribution < 1.29 is 13.9 Å². The van der Waals surface area contributed by atoms with Gasteiger partial charge in [0.1, 0.15) is 5.82 Å². The highest BCUT2D eigenvalue weighted by Crippen LogP contribution is 2.11. The minimum atomic E-state index is -0.353. The Balaban J connectivity index is 1.62. The van der Waals surface area contributed by atoms with Gasteiger partial charge in [-0.05, 0) is 12.1 Å². The lowest BCUT2D eigenvalue weighted by Crippen LogP contribution is -2.42. The molecule has 1 fully saturated rings. The van der Waals surface area contributed by atoms with E-state index in [1.807, 2.05) is 0 Å². The molecule has 0 unspecified atom stereocenters. The van der Waals surface area contributed by atoms with Crippen molar-refractivity contribution in [2.45, 2.75) is 0 Å². The average molecular weight is 281 g/mol. The van der Waals surface area contributed by atoms with E-state index in [0.717, 1.165) is 32.8 Å². The normalized spacial score (nSPS) is 15.8. The molecule has 1 heterocycles. The zero-order valence-corrected chi connectivity index (χ0v) is 11.4. The first-order valence-electron chi connectivity index (χ1n) is 6.81. The van der Waals surface area contributed by atoms with E-state index in [0.29, 0.717) is 12.2 Å². The van der Waals surface area contributed by atoms with Gasteiger partial charge in [-0.25, -0.2) is 4.39 Å². The zero-order valence-electron chi connectivity index (χ0n) is 11.4. The van der Waals surface area contributed by atoms with Gasteiger partial charge in [-0.2, -0.15) is 0 Å². The summed E-state index contributed by atoms with van der Waals surface area (Å²) in [6.07, 6.45) is 0. The Labute approximate surface area is 118 Å². The van der Waals surface area contributed by atoms with Crippen LogP contribution in [-0.2, 0) is 9.53 Å². The fraction of sp³-hybridized carbons (Fsp3) is 0.500. The SMILES string of the molecule is O=C(CNc1ccccc1F)NCCN1CCOCC1. The maximum absolute atomic E-state index is 13.3. The van der Waals surface area contributed by atoms with Crippen LogP contribution in [0.2, 0.25) is 0 Å². The molecule has 1 saturated heterocycles. The summed E-state index contributed by atoms with van der Waals surface area (Å²) in [5, 5.41) is 5.59. The summed E-state index contributed by atoms with van der Waals surface area (Å²) >= 11 is 0. The van der Waals surface area contributed by atoms with Crippen LogP contribution >= 0.6 is 0 Å². The van der Waals surface area contributed by atoms with Crippen LogP contribution in [0.5, 0.6) is 0 Å². The van der Waals surface area contributed by atoms with Gasteiger partial charge in [-0.1, -0.05) is 12.1 Å². The van der Waals surface area contributed by atoms with E-state index in [1.54, 1.807) is 18.2 Å². The number of rotatable bonds is 6. The van der Waals surface area contributed by atoms with Crippen molar-refractivity contribution in [3.8, 4) is 0 Å². The molecule has 6 heteroatoms. The number of carbonyl (C=O) groups is 1. The van der Waals surface area contributed by atoms with Crippen LogP contribution in [0.15, 0.2) is 24.3 Å². The topological polar surface area (TPSA) is 53.6 Å². The maximum Gasteiger partial charge on any atom is 0.239 e. The maximum atomic E-state index is 13.3. The highest BCUT2D eigenvalue weighted by atomic mass is 19.1. The standard InChI is InChI=1S/C14H20FN3O2/c15-12-3-1-2-4-13(12)17-11-14(19)16-5-6-18-7-9-20-10-8-18/h1-4,17H,5-11H2,(H,16,19). The number of para-hydroxylation sites is 1. The molecular formula is C14H20FN3O2. The van der Waals surface area contributed by atoms with E-state index in [9.17, 15) is 9.18 Å². The Hall–Kier alpha value is -1.66. The van der Waals surface area contributed by atoms with Crippen LogP contribution in [0.4, 0.5) is 10.1 Å². The smallest absolute Gasteiger partial charge is 0.239 e. The number of nitrogens with zero attached hydrogens (tertiary/aromatic N) is 1. The van der Waals surface area contributed by atoms with Crippen molar-refractivity contribution in [2.75, 3.05) is 51.3 Å². The molecule has 1 aromatic carbocycles. The van der Waals surface area contributed by atoms with E-state index in [2.05, 4.69) is 15.5 Å². The zero-order chi connectivity index (χ0) is 14.2. The number of carbonyl (C=O) groups excluding carboxylic acids is 1. The van der Waals surface area contributed by atoms with E-state index in [4.69, 9.17) is 4.74 Å². The van der Waals surface area contributed by atoms with Crippen molar-refractivity contribution in [1.82, 2.24) is 10.2 Å². The number of halogens is 1. The number of ether oxygens (including phenoxy) is 1. The largest absolute Gasteiger partial charge is 0.379 e. The summed E-state index contributed by atoms with van der Waals surface area (Å²) in [6.45, 7) is 4.80. The van der Waals surface area contributed by atoms with Gasteiger partial charge in [-0.15, -0.1) is 0 Å². The Morgan fingerprint density at radius 1 is 1.30 bits per heavy atom. The third kappa shape index (κ3) is 4.79. The molecule has 0 saturated carbocycles. The van der Waals surface area contributed by atoms with Crippen molar-refractivity contribution in [3.63, 3.8) is 0 Å². The van der Waals surface area contributed by atoms with Crippen LogP contribution in [-0.4, -0.2) is 56.7 Å². The molecule has 2 rings (SSSR count). The molecule has 20 heavy (non-hydrogen) atoms. The molecule has 2 N–H and O–H groups in total. The Morgan fingerprint density at radius 2 is 2.05 bits per heavy atom. The van der Waals surface area contributed by atoms with Gasteiger partial charge >= 0.3 is 0 Å². The molecule has 0 aromatic heterocycles. The van der Waals surface area contributed by atoms with Gasteiger partial charge in [0.25, 0.3) is 0 Å². The second-order valence-corrected chi connectivity index (χ2v) is 4.64. The van der Waals surface area contributed by atoms with Gasteiger partial charge in [0.2, 0.25) is 5.91 Å². The Kier molecular flexibility index (Phi) is 5.76. The number of hydrogen-bond donors (Lipinski definition) is 2. The number of amides is 1. The molecule has 110 valence electrons. The molecule has 1 aromatic rings. The third-order valence-corrected chi connectivity index (χ3v) is 3.17. The molecule has 0 spiro atoms. The summed E-state index contributed by atoms with van der Waals surface area (Å²) in [4.78, 5) is 13.9. The van der Waals surface area contributed by atoms with Crippen molar-refractivity contribution in [2.24, 2.45) is 0 Å². The molecule has 1 aliphatic rings. The molecule has 0 atom stereocenters. The van der Waals surface area contributed by atoms with Crippen LogP contribution in [0, 0.1) is 5.82 Å². The number of anilines is 1. The lowest BCUT2D eigenvalue weighted by molar-refractivity contribution is -0.119. The summed E-state index contributed by atoms with van der Waals surface area (Å²) in [5.41, 5.74) is 0.343. The summed E-state index contributed by atoms with van der Waals surface area (Å²) in [7, 11) is 0. The summed E-state index contributed by atoms with van der Waals surface area (Å²) < 4.78 is 18.6. The summed E-state index contributed by atoms with van der Waals surface area (Å²) in [5.74, 6) is -0.491. The second-order valence-electron chi connectivity index (χ2n) is 4.64. The third-order valence-electron chi connectivity index (χ3n) is 3.17. The van der Waals surface area contributed by atoms with Gasteiger partial charge in [-0.3, -0.25) is 9.69 Å².